The second-order valence-electron chi connectivity index (χ2n) is 12.8. The molecule has 0 saturated carbocycles. The van der Waals surface area contributed by atoms with Crippen molar-refractivity contribution in [1.82, 2.24) is 0 Å². The SMILES string of the molecule is C1=CC[C]([Hf+2][C]2=CC=CC2)=C1.CCCCC(CC)C[O][Ti+]([C]1=CC=CC1)[C]1=CC=CC1.[Cl-].[H-].[Ti+3][O]CCCC(C1=CC=CC1)C1=CC=CC1. The predicted octanol–water partition coefficient (Wildman–Crippen LogP) is 8.95. The van der Waals surface area contributed by atoms with Gasteiger partial charge in [0.1, 0.15) is 0 Å². The van der Waals surface area contributed by atoms with E-state index in [1.165, 1.54) is 44.9 Å². The summed E-state index contributed by atoms with van der Waals surface area (Å²) in [7, 11) is 0. The van der Waals surface area contributed by atoms with E-state index in [9.17, 15) is 0 Å². The fourth-order valence-corrected chi connectivity index (χ4v) is 14.6. The van der Waals surface area contributed by atoms with Gasteiger partial charge in [0.15, 0.2) is 0 Å². The van der Waals surface area contributed by atoms with Crippen LogP contribution in [-0.2, 0) is 68.6 Å². The third-order valence-electron chi connectivity index (χ3n) is 9.23. The molecule has 6 rings (SSSR count). The van der Waals surface area contributed by atoms with Crippen molar-refractivity contribution < 1.29 is 82.5 Å². The van der Waals surface area contributed by atoms with Gasteiger partial charge < -0.3 is 13.8 Å². The molecule has 0 saturated heterocycles. The summed E-state index contributed by atoms with van der Waals surface area (Å²) in [6.07, 6.45) is 55.2. The molecule has 0 N–H and O–H groups in total. The molecule has 0 aliphatic heterocycles. The van der Waals surface area contributed by atoms with Crippen molar-refractivity contribution in [3.8, 4) is 0 Å². The molecule has 1 atom stereocenters. The van der Waals surface area contributed by atoms with Crippen LogP contribution in [-0.4, -0.2) is 13.2 Å². The summed E-state index contributed by atoms with van der Waals surface area (Å²) in [4.78, 5) is 0. The molecule has 0 radical (unpaired) electrons. The van der Waals surface area contributed by atoms with Crippen LogP contribution in [0.3, 0.4) is 0 Å². The zero-order valence-corrected chi connectivity index (χ0v) is 36.6. The Labute approximate surface area is 330 Å². The maximum atomic E-state index is 6.51. The molecule has 250 valence electrons. The zero-order valence-electron chi connectivity index (χ0n) is 30.1. The van der Waals surface area contributed by atoms with Gasteiger partial charge in [0.2, 0.25) is 0 Å². The van der Waals surface area contributed by atoms with E-state index in [0.717, 1.165) is 51.2 Å². The molecule has 0 fully saturated rings. The van der Waals surface area contributed by atoms with Crippen molar-refractivity contribution >= 4 is 0 Å². The molecule has 6 heteroatoms. The predicted molar refractivity (Wildman–Crippen MR) is 190 cm³/mol. The van der Waals surface area contributed by atoms with Crippen LogP contribution in [0.15, 0.2) is 135 Å². The minimum atomic E-state index is -1.66. The van der Waals surface area contributed by atoms with Crippen LogP contribution >= 0.6 is 0 Å². The van der Waals surface area contributed by atoms with Crippen molar-refractivity contribution in [3.05, 3.63) is 135 Å². The van der Waals surface area contributed by atoms with Gasteiger partial charge >= 0.3 is 320 Å². The molecule has 0 bridgehead atoms. The van der Waals surface area contributed by atoms with Gasteiger partial charge in [-0.25, -0.2) is 0 Å². The van der Waals surface area contributed by atoms with Crippen LogP contribution < -0.4 is 12.4 Å². The van der Waals surface area contributed by atoms with Gasteiger partial charge in [-0.15, -0.1) is 0 Å². The Hall–Kier alpha value is -0.611. The number of unbranched alkanes of at least 4 members (excludes halogenated alkanes) is 1. The number of hydrogen-bond donors (Lipinski definition) is 0. The summed E-state index contributed by atoms with van der Waals surface area (Å²) in [6, 6.07) is 0. The number of hydrogen-bond acceptors (Lipinski definition) is 2. The standard InChI is InChI=1S/C14H17O.C8H17O.4C5H5.ClH.Hf.2Ti.H/c15-11-5-10-14(12-6-1-2-7-12)13-8-3-4-9-13;1-3-5-6-8(4-2)7-9;4*1-2-4-5-3-1;;;;;/h1-4,6,8,14H,5,7,9-11H2;8H,3-7H2,1-2H3;4*1-3H,4H2;1H;;;;/q2*-1;;;;;;2*+2;+4;-1/p-1. The van der Waals surface area contributed by atoms with E-state index in [4.69, 9.17) is 6.64 Å². The molecule has 48 heavy (non-hydrogen) atoms. The Kier molecular flexibility index (Phi) is 22.1. The quantitative estimate of drug-likeness (QED) is 0.107. The van der Waals surface area contributed by atoms with Crippen molar-refractivity contribution in [2.75, 3.05) is 13.2 Å². The summed E-state index contributed by atoms with van der Waals surface area (Å²) < 4.78 is 18.3. The third kappa shape index (κ3) is 14.9. The molecule has 0 aromatic carbocycles. The monoisotopic (exact) mass is 902 g/mol. The van der Waals surface area contributed by atoms with Gasteiger partial charge in [-0.2, -0.15) is 0 Å². The van der Waals surface area contributed by atoms with Crippen LogP contribution in [0.2, 0.25) is 0 Å². The van der Waals surface area contributed by atoms with Gasteiger partial charge in [-0.1, -0.05) is 0 Å². The molecule has 0 spiro atoms. The van der Waals surface area contributed by atoms with E-state index in [-0.39, 0.29) is 13.8 Å². The maximum absolute atomic E-state index is 6.51. The average molecular weight is 902 g/mol. The molecule has 6 aliphatic carbocycles. The summed E-state index contributed by atoms with van der Waals surface area (Å²) in [5, 5.41) is 0. The first kappa shape index (κ1) is 41.8. The molecule has 1 unspecified atom stereocenters. The van der Waals surface area contributed by atoms with Gasteiger partial charge in [0.25, 0.3) is 0 Å². The van der Waals surface area contributed by atoms with Crippen LogP contribution in [0.1, 0.15) is 92.3 Å². The van der Waals surface area contributed by atoms with E-state index in [2.05, 4.69) is 123 Å². The third-order valence-corrected chi connectivity index (χ3v) is 18.2. The molecular formula is C42H55ClHfO2Ti2+4. The topological polar surface area (TPSA) is 18.5 Å². The van der Waals surface area contributed by atoms with E-state index in [1.54, 1.807) is 46.4 Å². The van der Waals surface area contributed by atoms with Crippen LogP contribution in [0, 0.1) is 11.8 Å². The average Bonchev–Trinajstić information content (AvgIpc) is 3.93. The molecule has 0 aromatic rings. The minimum absolute atomic E-state index is 0. The second kappa shape index (κ2) is 25.4. The van der Waals surface area contributed by atoms with Crippen molar-refractivity contribution in [1.29, 1.82) is 0 Å². The fourth-order valence-electron chi connectivity index (χ4n) is 6.42. The molecular weight excluding hydrogens is 846 g/mol. The number of rotatable bonds is 17. The zero-order chi connectivity index (χ0) is 32.9. The summed E-state index contributed by atoms with van der Waals surface area (Å²) >= 11 is -0.402. The number of allylic oxidation sites excluding steroid dienone is 24. The second-order valence-corrected chi connectivity index (χ2v) is 22.2. The Morgan fingerprint density at radius 1 is 0.688 bits per heavy atom. The van der Waals surface area contributed by atoms with Crippen molar-refractivity contribution in [2.24, 2.45) is 11.8 Å². The summed E-state index contributed by atoms with van der Waals surface area (Å²) in [6.45, 7) is 6.42. The Morgan fingerprint density at radius 2 is 1.21 bits per heavy atom. The number of halogens is 1. The van der Waals surface area contributed by atoms with E-state index < -0.39 is 41.2 Å². The Bertz CT molecular complexity index is 1290. The Morgan fingerprint density at radius 3 is 1.62 bits per heavy atom. The van der Waals surface area contributed by atoms with Gasteiger partial charge in [-0.3, -0.25) is 0 Å². The fraction of sp³-hybridized carbons (Fsp3) is 0.429. The molecule has 0 aromatic heterocycles. The van der Waals surface area contributed by atoms with Gasteiger partial charge in [0, 0.05) is 0 Å². The van der Waals surface area contributed by atoms with E-state index >= 15 is 0 Å². The van der Waals surface area contributed by atoms with Crippen LogP contribution in [0.25, 0.3) is 0 Å². The van der Waals surface area contributed by atoms with Crippen molar-refractivity contribution in [3.63, 3.8) is 0 Å². The van der Waals surface area contributed by atoms with Gasteiger partial charge in [-0.05, 0) is 0 Å². The summed E-state index contributed by atoms with van der Waals surface area (Å²) in [5.41, 5.74) is 3.15. The van der Waals surface area contributed by atoms with Crippen LogP contribution in [0.4, 0.5) is 0 Å². The van der Waals surface area contributed by atoms with Crippen LogP contribution in [0.5, 0.6) is 0 Å². The first-order valence-electron chi connectivity index (χ1n) is 17.9. The first-order chi connectivity index (χ1) is 23.2. The first-order valence-corrected chi connectivity index (χ1v) is 24.3. The molecule has 2 nitrogen and oxygen atoms in total. The van der Waals surface area contributed by atoms with E-state index in [0.29, 0.717) is 5.92 Å². The molecule has 0 amide bonds. The normalized spacial score (nSPS) is 18.4. The van der Waals surface area contributed by atoms with Crippen molar-refractivity contribution in [2.45, 2.75) is 90.9 Å². The Balaban J connectivity index is 0.000000259. The molecule has 6 aliphatic rings. The van der Waals surface area contributed by atoms with Gasteiger partial charge in [0.05, 0.1) is 0 Å². The molecule has 0 heterocycles. The summed E-state index contributed by atoms with van der Waals surface area (Å²) in [5.74, 6) is 1.39. The van der Waals surface area contributed by atoms with E-state index in [1.807, 2.05) is 0 Å².